The number of methoxy groups -OCH3 is 2. The van der Waals surface area contributed by atoms with Gasteiger partial charge in [-0.15, -0.1) is 0 Å². The lowest BCUT2D eigenvalue weighted by Gasteiger charge is -2.03. The number of benzene rings is 1. The highest BCUT2D eigenvalue weighted by Crippen LogP contribution is 2.18. The van der Waals surface area contributed by atoms with Gasteiger partial charge in [0.25, 0.3) is 0 Å². The summed E-state index contributed by atoms with van der Waals surface area (Å²) in [6.07, 6.45) is 4.63. The fourth-order valence-electron chi connectivity index (χ4n) is 1.32. The molecule has 0 aliphatic heterocycles. The van der Waals surface area contributed by atoms with E-state index in [1.54, 1.807) is 0 Å². The van der Waals surface area contributed by atoms with Crippen LogP contribution < -0.4 is 0 Å². The average molecular weight is 282 g/mol. The summed E-state index contributed by atoms with van der Waals surface area (Å²) in [5, 5.41) is 0. The molecule has 1 aromatic carbocycles. The largest absolute Gasteiger partial charge is 0.466 e. The van der Waals surface area contributed by atoms with Crippen molar-refractivity contribution in [3.8, 4) is 0 Å². The maximum Gasteiger partial charge on any atom is 0.330 e. The molecule has 0 atom stereocenters. The lowest BCUT2D eigenvalue weighted by Crippen LogP contribution is -1.96. The molecule has 0 aliphatic carbocycles. The topological polar surface area (TPSA) is 52.6 Å². The molecule has 1 rings (SSSR count). The number of carbonyl (C=O) groups excluding carboxylic acids is 2. The zero-order chi connectivity index (χ0) is 15.1. The van der Waals surface area contributed by atoms with Crippen LogP contribution in [0.2, 0.25) is 0 Å². The molecule has 4 nitrogen and oxygen atoms in total. The minimum Gasteiger partial charge on any atom is -0.466 e. The number of hydrogen-bond acceptors (Lipinski definition) is 4. The fraction of sp³-hybridized carbons (Fsp3) is 0.143. The number of hydrogen-bond donors (Lipinski definition) is 0. The van der Waals surface area contributed by atoms with Crippen LogP contribution in [0.4, 0.5) is 8.78 Å². The zero-order valence-corrected chi connectivity index (χ0v) is 10.9. The Morgan fingerprint density at radius 2 is 1.25 bits per heavy atom. The molecule has 0 N–H and O–H groups in total. The highest BCUT2D eigenvalue weighted by molar-refractivity contribution is 5.90. The van der Waals surface area contributed by atoms with Crippen LogP contribution in [-0.2, 0) is 19.1 Å². The molecule has 1 aromatic rings. The smallest absolute Gasteiger partial charge is 0.330 e. The quantitative estimate of drug-likeness (QED) is 0.628. The number of rotatable bonds is 4. The predicted octanol–water partition coefficient (Wildman–Crippen LogP) is 2.34. The molecular formula is C14H12F2O4. The predicted molar refractivity (Wildman–Crippen MR) is 68.5 cm³/mol. The van der Waals surface area contributed by atoms with Crippen LogP contribution in [0, 0.1) is 11.6 Å². The monoisotopic (exact) mass is 282 g/mol. The van der Waals surface area contributed by atoms with E-state index in [4.69, 9.17) is 0 Å². The third-order valence-electron chi connectivity index (χ3n) is 2.33. The van der Waals surface area contributed by atoms with E-state index in [9.17, 15) is 18.4 Å². The number of esters is 2. The van der Waals surface area contributed by atoms with Gasteiger partial charge in [0, 0.05) is 12.2 Å². The molecule has 0 radical (unpaired) electrons. The van der Waals surface area contributed by atoms with Crippen molar-refractivity contribution in [3.05, 3.63) is 47.0 Å². The van der Waals surface area contributed by atoms with Gasteiger partial charge in [0.05, 0.1) is 14.2 Å². The number of carbonyl (C=O) groups is 2. The van der Waals surface area contributed by atoms with Crippen LogP contribution in [-0.4, -0.2) is 26.2 Å². The standard InChI is InChI=1S/C14H12F2O4/c1-19-13(17)5-3-9-7-11(15)12(16)8-10(9)4-6-14(18)20-2/h3-8H,1-2H3/b5-3+,6-4+. The van der Waals surface area contributed by atoms with Crippen LogP contribution in [0.1, 0.15) is 11.1 Å². The summed E-state index contributed by atoms with van der Waals surface area (Å²) >= 11 is 0. The molecule has 0 fully saturated rings. The van der Waals surface area contributed by atoms with E-state index in [1.165, 1.54) is 26.4 Å². The summed E-state index contributed by atoms with van der Waals surface area (Å²) < 4.78 is 35.2. The van der Waals surface area contributed by atoms with Gasteiger partial charge in [-0.2, -0.15) is 0 Å². The Hall–Kier alpha value is -2.50. The van der Waals surface area contributed by atoms with Crippen molar-refractivity contribution in [2.24, 2.45) is 0 Å². The lowest BCUT2D eigenvalue weighted by molar-refractivity contribution is -0.135. The van der Waals surface area contributed by atoms with Crippen molar-refractivity contribution in [3.63, 3.8) is 0 Å². The van der Waals surface area contributed by atoms with Crippen LogP contribution in [0.3, 0.4) is 0 Å². The first-order chi connectivity index (χ1) is 9.47. The maximum atomic E-state index is 13.2. The maximum absolute atomic E-state index is 13.2. The van der Waals surface area contributed by atoms with Crippen molar-refractivity contribution in [1.29, 1.82) is 0 Å². The van der Waals surface area contributed by atoms with E-state index < -0.39 is 23.6 Å². The Morgan fingerprint density at radius 1 is 0.900 bits per heavy atom. The first-order valence-electron chi connectivity index (χ1n) is 5.49. The van der Waals surface area contributed by atoms with E-state index >= 15 is 0 Å². The van der Waals surface area contributed by atoms with Crippen LogP contribution in [0.5, 0.6) is 0 Å². The van der Waals surface area contributed by atoms with Gasteiger partial charge in [-0.05, 0) is 35.4 Å². The van der Waals surface area contributed by atoms with Gasteiger partial charge in [0.15, 0.2) is 11.6 Å². The van der Waals surface area contributed by atoms with Gasteiger partial charge < -0.3 is 9.47 Å². The molecule has 0 amide bonds. The third-order valence-corrected chi connectivity index (χ3v) is 2.33. The van der Waals surface area contributed by atoms with Crippen LogP contribution in [0.15, 0.2) is 24.3 Å². The van der Waals surface area contributed by atoms with Crippen molar-refractivity contribution in [1.82, 2.24) is 0 Å². The molecule has 0 spiro atoms. The van der Waals surface area contributed by atoms with E-state index in [0.717, 1.165) is 24.3 Å². The summed E-state index contributed by atoms with van der Waals surface area (Å²) in [5.74, 6) is -3.41. The van der Waals surface area contributed by atoms with E-state index in [2.05, 4.69) is 9.47 Å². The lowest BCUT2D eigenvalue weighted by atomic mass is 10.1. The van der Waals surface area contributed by atoms with Gasteiger partial charge in [-0.3, -0.25) is 0 Å². The Balaban J connectivity index is 3.17. The highest BCUT2D eigenvalue weighted by atomic mass is 19.2. The molecule has 0 aromatic heterocycles. The van der Waals surface area contributed by atoms with Crippen molar-refractivity contribution < 1.29 is 27.8 Å². The summed E-state index contributed by atoms with van der Waals surface area (Å²) in [6, 6.07) is 1.82. The van der Waals surface area contributed by atoms with Gasteiger partial charge in [0.2, 0.25) is 0 Å². The average Bonchev–Trinajstić information content (AvgIpc) is 2.45. The molecule has 6 heteroatoms. The molecule has 0 bridgehead atoms. The number of ether oxygens (including phenoxy) is 2. The van der Waals surface area contributed by atoms with Crippen molar-refractivity contribution >= 4 is 24.1 Å². The second-order valence-electron chi connectivity index (χ2n) is 3.61. The Bertz CT molecular complexity index is 526. The first-order valence-corrected chi connectivity index (χ1v) is 5.49. The molecule has 20 heavy (non-hydrogen) atoms. The van der Waals surface area contributed by atoms with E-state index in [0.29, 0.717) is 0 Å². The Morgan fingerprint density at radius 3 is 1.55 bits per heavy atom. The second kappa shape index (κ2) is 7.18. The van der Waals surface area contributed by atoms with Crippen LogP contribution >= 0.6 is 0 Å². The van der Waals surface area contributed by atoms with Crippen molar-refractivity contribution in [2.45, 2.75) is 0 Å². The molecule has 0 saturated heterocycles. The minimum absolute atomic E-state index is 0.217. The fourth-order valence-corrected chi connectivity index (χ4v) is 1.32. The molecule has 0 saturated carbocycles. The zero-order valence-electron chi connectivity index (χ0n) is 10.9. The summed E-state index contributed by atoms with van der Waals surface area (Å²) in [6.45, 7) is 0. The Kier molecular flexibility index (Phi) is 5.58. The summed E-state index contributed by atoms with van der Waals surface area (Å²) in [7, 11) is 2.38. The second-order valence-corrected chi connectivity index (χ2v) is 3.61. The van der Waals surface area contributed by atoms with E-state index in [-0.39, 0.29) is 11.1 Å². The normalized spacial score (nSPS) is 11.0. The minimum atomic E-state index is -1.07. The Labute approximate surface area is 114 Å². The summed E-state index contributed by atoms with van der Waals surface area (Å²) in [5.41, 5.74) is 0.434. The molecular weight excluding hydrogens is 270 g/mol. The SMILES string of the molecule is COC(=O)/C=C/c1cc(F)c(F)cc1/C=C/C(=O)OC. The van der Waals surface area contributed by atoms with Crippen molar-refractivity contribution in [2.75, 3.05) is 14.2 Å². The van der Waals surface area contributed by atoms with Gasteiger partial charge in [-0.25, -0.2) is 18.4 Å². The molecule has 106 valence electrons. The first kappa shape index (κ1) is 15.6. The number of halogens is 2. The highest BCUT2D eigenvalue weighted by Gasteiger charge is 2.07. The molecule has 0 unspecified atom stereocenters. The third kappa shape index (κ3) is 4.31. The van der Waals surface area contributed by atoms with E-state index in [1.807, 2.05) is 0 Å². The molecule has 0 aliphatic rings. The summed E-state index contributed by atoms with van der Waals surface area (Å²) in [4.78, 5) is 22.0. The van der Waals surface area contributed by atoms with Gasteiger partial charge in [0.1, 0.15) is 0 Å². The van der Waals surface area contributed by atoms with Crippen LogP contribution in [0.25, 0.3) is 12.2 Å². The molecule has 0 heterocycles. The van der Waals surface area contributed by atoms with Gasteiger partial charge >= 0.3 is 11.9 Å². The van der Waals surface area contributed by atoms with Gasteiger partial charge in [-0.1, -0.05) is 0 Å².